The van der Waals surface area contributed by atoms with Gasteiger partial charge in [0, 0.05) is 19.2 Å². The van der Waals surface area contributed by atoms with Gasteiger partial charge in [-0.1, -0.05) is 13.3 Å². The summed E-state index contributed by atoms with van der Waals surface area (Å²) < 4.78 is 10.4. The van der Waals surface area contributed by atoms with Gasteiger partial charge < -0.3 is 24.6 Å². The fourth-order valence-electron chi connectivity index (χ4n) is 3.41. The Labute approximate surface area is 147 Å². The number of aliphatic carboxylic acids is 1. The molecule has 1 fully saturated rings. The average Bonchev–Trinajstić information content (AvgIpc) is 2.62. The Hall–Kier alpha value is -2.28. The largest absolute Gasteiger partial charge is 0.497 e. The van der Waals surface area contributed by atoms with Crippen molar-refractivity contribution in [3.05, 3.63) is 23.8 Å². The number of carbonyl (C=O) groups is 2. The number of ether oxygens (including phenoxy) is 2. The van der Waals surface area contributed by atoms with E-state index in [1.165, 1.54) is 19.1 Å². The zero-order valence-corrected chi connectivity index (χ0v) is 14.8. The van der Waals surface area contributed by atoms with Gasteiger partial charge in [0.15, 0.2) is 0 Å². The summed E-state index contributed by atoms with van der Waals surface area (Å²) in [6.45, 7) is 2.14. The molecule has 0 aromatic heterocycles. The van der Waals surface area contributed by atoms with Crippen LogP contribution in [0, 0.1) is 5.41 Å². The first kappa shape index (κ1) is 19.1. The van der Waals surface area contributed by atoms with Gasteiger partial charge in [-0.05, 0) is 25.0 Å². The highest BCUT2D eigenvalue weighted by atomic mass is 16.5. The van der Waals surface area contributed by atoms with Crippen molar-refractivity contribution in [3.8, 4) is 11.5 Å². The summed E-state index contributed by atoms with van der Waals surface area (Å²) in [6, 6.07) is 4.88. The molecule has 1 aromatic rings. The van der Waals surface area contributed by atoms with Crippen molar-refractivity contribution in [3.63, 3.8) is 0 Å². The molecule has 0 unspecified atom stereocenters. The van der Waals surface area contributed by atoms with Gasteiger partial charge in [-0.3, -0.25) is 9.59 Å². The second-order valence-corrected chi connectivity index (χ2v) is 6.31. The molecule has 0 radical (unpaired) electrons. The third kappa shape index (κ3) is 3.56. The fourth-order valence-corrected chi connectivity index (χ4v) is 3.41. The smallest absolute Gasteiger partial charge is 0.314 e. The Morgan fingerprint density at radius 1 is 1.32 bits per heavy atom. The Morgan fingerprint density at radius 3 is 2.60 bits per heavy atom. The van der Waals surface area contributed by atoms with Crippen LogP contribution in [-0.4, -0.2) is 60.4 Å². The predicted molar refractivity (Wildman–Crippen MR) is 91.1 cm³/mol. The van der Waals surface area contributed by atoms with E-state index in [0.29, 0.717) is 36.4 Å². The predicted octanol–water partition coefficient (Wildman–Crippen LogP) is 1.78. The van der Waals surface area contributed by atoms with Crippen molar-refractivity contribution in [2.24, 2.45) is 5.41 Å². The second-order valence-electron chi connectivity index (χ2n) is 6.31. The SMILES string of the molecule is CCC[C@@]1(C(=O)O)CN(C(=O)c2ccc(OC)cc2OC)CC[C@H]1O. The Morgan fingerprint density at radius 2 is 2.04 bits per heavy atom. The number of methoxy groups -OCH3 is 2. The number of amides is 1. The van der Waals surface area contributed by atoms with Gasteiger partial charge in [-0.2, -0.15) is 0 Å². The third-order valence-electron chi connectivity index (χ3n) is 4.83. The van der Waals surface area contributed by atoms with Crippen molar-refractivity contribution >= 4 is 11.9 Å². The van der Waals surface area contributed by atoms with E-state index in [4.69, 9.17) is 9.47 Å². The van der Waals surface area contributed by atoms with Gasteiger partial charge in [-0.15, -0.1) is 0 Å². The van der Waals surface area contributed by atoms with Crippen LogP contribution in [-0.2, 0) is 4.79 Å². The number of carboxylic acid groups (broad SMARTS) is 1. The lowest BCUT2D eigenvalue weighted by atomic mass is 9.74. The standard InChI is InChI=1S/C18H25NO6/c1-4-8-18(17(22)23)11-19(9-7-15(18)20)16(21)13-6-5-12(24-2)10-14(13)25-3/h5-6,10,15,20H,4,7-9,11H2,1-3H3,(H,22,23)/t15-,18-/m1/s1. The van der Waals surface area contributed by atoms with Crippen LogP contribution >= 0.6 is 0 Å². The van der Waals surface area contributed by atoms with Crippen LogP contribution in [0.15, 0.2) is 18.2 Å². The maximum atomic E-state index is 12.9. The molecule has 0 aliphatic carbocycles. The number of piperidine rings is 1. The molecule has 25 heavy (non-hydrogen) atoms. The second kappa shape index (κ2) is 7.74. The Kier molecular flexibility index (Phi) is 5.89. The molecule has 1 aliphatic rings. The molecule has 1 heterocycles. The molecule has 7 nitrogen and oxygen atoms in total. The lowest BCUT2D eigenvalue weighted by Crippen LogP contribution is -2.57. The summed E-state index contributed by atoms with van der Waals surface area (Å²) in [4.78, 5) is 26.3. The number of aliphatic hydroxyl groups is 1. The molecule has 2 N–H and O–H groups in total. The molecule has 138 valence electrons. The molecule has 0 saturated carbocycles. The minimum absolute atomic E-state index is 0.0225. The number of hydrogen-bond donors (Lipinski definition) is 2. The summed E-state index contributed by atoms with van der Waals surface area (Å²) in [7, 11) is 2.98. The van der Waals surface area contributed by atoms with E-state index in [1.54, 1.807) is 18.2 Å². The minimum atomic E-state index is -1.33. The Bertz CT molecular complexity index is 646. The lowest BCUT2D eigenvalue weighted by Gasteiger charge is -2.43. The third-order valence-corrected chi connectivity index (χ3v) is 4.83. The number of rotatable bonds is 6. The van der Waals surface area contributed by atoms with Crippen LogP contribution in [0.3, 0.4) is 0 Å². The highest BCUT2D eigenvalue weighted by Gasteiger charge is 2.49. The maximum absolute atomic E-state index is 12.9. The number of benzene rings is 1. The number of hydrogen-bond acceptors (Lipinski definition) is 5. The van der Waals surface area contributed by atoms with E-state index in [9.17, 15) is 19.8 Å². The van der Waals surface area contributed by atoms with E-state index in [0.717, 1.165) is 0 Å². The molecule has 1 saturated heterocycles. The van der Waals surface area contributed by atoms with Crippen LogP contribution in [0.1, 0.15) is 36.5 Å². The molecule has 2 atom stereocenters. The van der Waals surface area contributed by atoms with Crippen molar-refractivity contribution in [2.45, 2.75) is 32.3 Å². The lowest BCUT2D eigenvalue weighted by molar-refractivity contribution is -0.162. The molecule has 0 bridgehead atoms. The van der Waals surface area contributed by atoms with Gasteiger partial charge in [-0.25, -0.2) is 0 Å². The topological polar surface area (TPSA) is 96.3 Å². The molecule has 1 amide bonds. The molecular weight excluding hydrogens is 326 g/mol. The van der Waals surface area contributed by atoms with Crippen LogP contribution in [0.4, 0.5) is 0 Å². The molecule has 2 rings (SSSR count). The van der Waals surface area contributed by atoms with E-state index in [2.05, 4.69) is 0 Å². The Balaban J connectivity index is 2.32. The van der Waals surface area contributed by atoms with Gasteiger partial charge in [0.1, 0.15) is 16.9 Å². The first-order chi connectivity index (χ1) is 11.9. The number of nitrogens with zero attached hydrogens (tertiary/aromatic N) is 1. The first-order valence-electron chi connectivity index (χ1n) is 8.32. The van der Waals surface area contributed by atoms with Crippen molar-refractivity contribution in [1.82, 2.24) is 4.90 Å². The highest BCUT2D eigenvalue weighted by molar-refractivity contribution is 5.97. The van der Waals surface area contributed by atoms with Crippen molar-refractivity contribution < 1.29 is 29.3 Å². The number of aliphatic hydroxyl groups excluding tert-OH is 1. The number of carboxylic acids is 1. The monoisotopic (exact) mass is 351 g/mol. The van der Waals surface area contributed by atoms with E-state index >= 15 is 0 Å². The van der Waals surface area contributed by atoms with Crippen molar-refractivity contribution in [1.29, 1.82) is 0 Å². The van der Waals surface area contributed by atoms with E-state index in [1.807, 2.05) is 6.92 Å². The molecule has 7 heteroatoms. The van der Waals surface area contributed by atoms with Crippen molar-refractivity contribution in [2.75, 3.05) is 27.3 Å². The fraction of sp³-hybridized carbons (Fsp3) is 0.556. The van der Waals surface area contributed by atoms with E-state index < -0.39 is 17.5 Å². The summed E-state index contributed by atoms with van der Waals surface area (Å²) in [6.07, 6.45) is 0.188. The van der Waals surface area contributed by atoms with Crippen LogP contribution in [0.25, 0.3) is 0 Å². The van der Waals surface area contributed by atoms with Gasteiger partial charge >= 0.3 is 5.97 Å². The highest BCUT2D eigenvalue weighted by Crippen LogP contribution is 2.37. The average molecular weight is 351 g/mol. The van der Waals surface area contributed by atoms with Gasteiger partial charge in [0.2, 0.25) is 0 Å². The molecular formula is C18H25NO6. The van der Waals surface area contributed by atoms with Crippen LogP contribution in [0.5, 0.6) is 11.5 Å². The van der Waals surface area contributed by atoms with Gasteiger partial charge in [0.25, 0.3) is 5.91 Å². The molecule has 1 aromatic carbocycles. The number of likely N-dealkylation sites (tertiary alicyclic amines) is 1. The maximum Gasteiger partial charge on any atom is 0.314 e. The van der Waals surface area contributed by atoms with Crippen LogP contribution < -0.4 is 9.47 Å². The first-order valence-corrected chi connectivity index (χ1v) is 8.32. The normalized spacial score (nSPS) is 23.2. The summed E-state index contributed by atoms with van der Waals surface area (Å²) in [5, 5.41) is 20.0. The minimum Gasteiger partial charge on any atom is -0.497 e. The molecule has 0 spiro atoms. The number of carbonyl (C=O) groups excluding carboxylic acids is 1. The zero-order chi connectivity index (χ0) is 18.6. The zero-order valence-electron chi connectivity index (χ0n) is 14.8. The molecule has 1 aliphatic heterocycles. The van der Waals surface area contributed by atoms with Crippen LogP contribution in [0.2, 0.25) is 0 Å². The summed E-state index contributed by atoms with van der Waals surface area (Å²) in [5.74, 6) is -0.450. The van der Waals surface area contributed by atoms with E-state index in [-0.39, 0.29) is 18.9 Å². The quantitative estimate of drug-likeness (QED) is 0.811. The van der Waals surface area contributed by atoms with Gasteiger partial charge in [0.05, 0.1) is 25.9 Å². The summed E-state index contributed by atoms with van der Waals surface area (Å²) in [5.41, 5.74) is -0.988. The summed E-state index contributed by atoms with van der Waals surface area (Å²) >= 11 is 0.